The first-order chi connectivity index (χ1) is 12.1. The lowest BCUT2D eigenvalue weighted by atomic mass is 10.1. The van der Waals surface area contributed by atoms with Crippen molar-refractivity contribution in [3.63, 3.8) is 0 Å². The zero-order valence-corrected chi connectivity index (χ0v) is 15.9. The number of Topliss-reactive ketones (excluding diaryl/α,β-unsaturated/α-hetero) is 1. The maximum atomic E-state index is 12.9. The van der Waals surface area contributed by atoms with Gasteiger partial charge in [0.15, 0.2) is 5.78 Å². The van der Waals surface area contributed by atoms with Gasteiger partial charge in [0.05, 0.1) is 16.1 Å². The molecule has 0 radical (unpaired) electrons. The summed E-state index contributed by atoms with van der Waals surface area (Å²) in [6.45, 7) is 6.27. The summed E-state index contributed by atoms with van der Waals surface area (Å²) in [5, 5.41) is 0. The normalized spacial score (nSPS) is 11.1. The molecule has 0 heterocycles. The first-order valence-electron chi connectivity index (χ1n) is 7.98. The van der Waals surface area contributed by atoms with Crippen LogP contribution >= 0.6 is 0 Å². The molecule has 0 saturated heterocycles. The number of para-hydroxylation sites is 1. The highest BCUT2D eigenvalue weighted by Crippen LogP contribution is 2.26. The molecule has 0 unspecified atom stereocenters. The molecule has 0 aliphatic carbocycles. The summed E-state index contributed by atoms with van der Waals surface area (Å²) in [4.78, 5) is 23.3. The van der Waals surface area contributed by atoms with Gasteiger partial charge in [-0.1, -0.05) is 29.8 Å². The van der Waals surface area contributed by atoms with Crippen LogP contribution in [0, 0.1) is 20.8 Å². The van der Waals surface area contributed by atoms with Crippen LogP contribution in [0.3, 0.4) is 0 Å². The first-order valence-corrected chi connectivity index (χ1v) is 9.46. The SMILES string of the molecule is CC(=O)COC(=O)c1ccccc1NS(=O)(=O)c1c(C)cc(C)cc1C. The quantitative estimate of drug-likeness (QED) is 0.784. The maximum absolute atomic E-state index is 12.9. The highest BCUT2D eigenvalue weighted by molar-refractivity contribution is 7.92. The molecule has 0 spiro atoms. The third kappa shape index (κ3) is 4.49. The minimum absolute atomic E-state index is 0.0414. The Bertz CT molecular complexity index is 941. The van der Waals surface area contributed by atoms with Gasteiger partial charge in [-0.3, -0.25) is 9.52 Å². The smallest absolute Gasteiger partial charge is 0.340 e. The van der Waals surface area contributed by atoms with E-state index in [9.17, 15) is 18.0 Å². The number of anilines is 1. The second-order valence-electron chi connectivity index (χ2n) is 6.16. The van der Waals surface area contributed by atoms with Gasteiger partial charge in [-0.2, -0.15) is 0 Å². The molecule has 0 fully saturated rings. The number of nitrogens with one attached hydrogen (secondary N) is 1. The number of benzene rings is 2. The second kappa shape index (κ2) is 7.70. The van der Waals surface area contributed by atoms with Crippen molar-refractivity contribution in [2.24, 2.45) is 0 Å². The van der Waals surface area contributed by atoms with Gasteiger partial charge >= 0.3 is 5.97 Å². The molecule has 0 aliphatic rings. The summed E-state index contributed by atoms with van der Waals surface area (Å²) in [7, 11) is -3.90. The molecule has 2 rings (SSSR count). The lowest BCUT2D eigenvalue weighted by Crippen LogP contribution is -2.19. The highest BCUT2D eigenvalue weighted by Gasteiger charge is 2.23. The largest absolute Gasteiger partial charge is 0.454 e. The molecule has 0 aliphatic heterocycles. The van der Waals surface area contributed by atoms with E-state index in [1.165, 1.54) is 19.1 Å². The van der Waals surface area contributed by atoms with Crippen molar-refractivity contribution in [3.8, 4) is 0 Å². The molecule has 0 bridgehead atoms. The van der Waals surface area contributed by atoms with Gasteiger partial charge in [0.2, 0.25) is 0 Å². The topological polar surface area (TPSA) is 89.5 Å². The minimum Gasteiger partial charge on any atom is -0.454 e. The first kappa shape index (κ1) is 19.7. The predicted molar refractivity (Wildman–Crippen MR) is 98.9 cm³/mol. The summed E-state index contributed by atoms with van der Waals surface area (Å²) in [5.41, 5.74) is 2.34. The molecule has 1 N–H and O–H groups in total. The van der Waals surface area contributed by atoms with Crippen molar-refractivity contribution in [2.75, 3.05) is 11.3 Å². The fraction of sp³-hybridized carbons (Fsp3) is 0.263. The van der Waals surface area contributed by atoms with Gasteiger partial charge in [0.25, 0.3) is 10.0 Å². The Balaban J connectivity index is 2.40. The lowest BCUT2D eigenvalue weighted by molar-refractivity contribution is -0.120. The molecule has 138 valence electrons. The summed E-state index contributed by atoms with van der Waals surface area (Å²) >= 11 is 0. The molecule has 2 aromatic carbocycles. The molecule has 0 amide bonds. The van der Waals surface area contributed by atoms with E-state index in [1.54, 1.807) is 38.1 Å². The average molecular weight is 375 g/mol. The fourth-order valence-electron chi connectivity index (χ4n) is 2.78. The standard InChI is InChI=1S/C19H21NO5S/c1-12-9-13(2)18(14(3)10-12)26(23,24)20-17-8-6-5-7-16(17)19(22)25-11-15(4)21/h5-10,20H,11H2,1-4H3. The number of carbonyl (C=O) groups excluding carboxylic acids is 2. The Morgan fingerprint density at radius 2 is 1.62 bits per heavy atom. The van der Waals surface area contributed by atoms with Gasteiger partial charge < -0.3 is 4.74 Å². The Kier molecular flexibility index (Phi) is 5.82. The van der Waals surface area contributed by atoms with E-state index >= 15 is 0 Å². The van der Waals surface area contributed by atoms with Crippen LogP contribution in [-0.2, 0) is 19.6 Å². The van der Waals surface area contributed by atoms with Gasteiger partial charge in [-0.15, -0.1) is 0 Å². The fourth-order valence-corrected chi connectivity index (χ4v) is 4.32. The van der Waals surface area contributed by atoms with Crippen molar-refractivity contribution >= 4 is 27.5 Å². The van der Waals surface area contributed by atoms with Gasteiger partial charge in [0.1, 0.15) is 6.61 Å². The predicted octanol–water partition coefficient (Wildman–Crippen LogP) is 3.16. The second-order valence-corrected chi connectivity index (χ2v) is 7.78. The molecule has 0 saturated carbocycles. The van der Waals surface area contributed by atoms with Crippen LogP contribution in [-0.4, -0.2) is 26.8 Å². The van der Waals surface area contributed by atoms with E-state index in [0.717, 1.165) is 5.56 Å². The number of hydrogen-bond donors (Lipinski definition) is 1. The molecule has 2 aromatic rings. The van der Waals surface area contributed by atoms with Crippen molar-refractivity contribution < 1.29 is 22.7 Å². The minimum atomic E-state index is -3.90. The Morgan fingerprint density at radius 1 is 1.04 bits per heavy atom. The number of sulfonamides is 1. The molecule has 26 heavy (non-hydrogen) atoms. The number of ketones is 1. The number of hydrogen-bond acceptors (Lipinski definition) is 5. The third-order valence-electron chi connectivity index (χ3n) is 3.67. The van der Waals surface area contributed by atoms with Crippen LogP contribution in [0.2, 0.25) is 0 Å². The molecule has 7 heteroatoms. The van der Waals surface area contributed by atoms with Crippen LogP contribution in [0.25, 0.3) is 0 Å². The van der Waals surface area contributed by atoms with Gasteiger partial charge in [0, 0.05) is 0 Å². The average Bonchev–Trinajstić information content (AvgIpc) is 2.51. The van der Waals surface area contributed by atoms with Gasteiger partial charge in [-0.25, -0.2) is 13.2 Å². The molecule has 0 atom stereocenters. The Morgan fingerprint density at radius 3 is 2.19 bits per heavy atom. The molecule has 6 nitrogen and oxygen atoms in total. The Hall–Kier alpha value is -2.67. The van der Waals surface area contributed by atoms with Crippen molar-refractivity contribution in [2.45, 2.75) is 32.6 Å². The highest BCUT2D eigenvalue weighted by atomic mass is 32.2. The van der Waals surface area contributed by atoms with E-state index in [1.807, 2.05) is 6.92 Å². The van der Waals surface area contributed by atoms with E-state index in [4.69, 9.17) is 4.74 Å². The van der Waals surface area contributed by atoms with E-state index in [2.05, 4.69) is 4.72 Å². The summed E-state index contributed by atoms with van der Waals surface area (Å²) < 4.78 is 33.1. The van der Waals surface area contributed by atoms with Crippen molar-refractivity contribution in [1.29, 1.82) is 0 Å². The zero-order valence-electron chi connectivity index (χ0n) is 15.1. The maximum Gasteiger partial charge on any atom is 0.340 e. The van der Waals surface area contributed by atoms with Crippen LogP contribution in [0.4, 0.5) is 5.69 Å². The molecular weight excluding hydrogens is 354 g/mol. The van der Waals surface area contributed by atoms with E-state index in [-0.39, 0.29) is 28.5 Å². The number of aryl methyl sites for hydroxylation is 3. The number of esters is 1. The van der Waals surface area contributed by atoms with E-state index < -0.39 is 16.0 Å². The third-order valence-corrected chi connectivity index (χ3v) is 5.34. The number of rotatable bonds is 6. The number of ether oxygens (including phenoxy) is 1. The van der Waals surface area contributed by atoms with Crippen LogP contribution < -0.4 is 4.72 Å². The number of carbonyl (C=O) groups is 2. The summed E-state index contributed by atoms with van der Waals surface area (Å²) in [6, 6.07) is 9.68. The summed E-state index contributed by atoms with van der Waals surface area (Å²) in [6.07, 6.45) is 0. The van der Waals surface area contributed by atoms with Crippen LogP contribution in [0.1, 0.15) is 34.0 Å². The molecular formula is C19H21NO5S. The Labute approximate surface area is 153 Å². The zero-order chi connectivity index (χ0) is 19.5. The molecule has 0 aromatic heterocycles. The van der Waals surface area contributed by atoms with Crippen LogP contribution in [0.15, 0.2) is 41.3 Å². The monoisotopic (exact) mass is 375 g/mol. The lowest BCUT2D eigenvalue weighted by Gasteiger charge is -2.15. The van der Waals surface area contributed by atoms with Crippen molar-refractivity contribution in [3.05, 3.63) is 58.7 Å². The van der Waals surface area contributed by atoms with Crippen LogP contribution in [0.5, 0.6) is 0 Å². The van der Waals surface area contributed by atoms with Gasteiger partial charge in [-0.05, 0) is 51.0 Å². The van der Waals surface area contributed by atoms with Crippen molar-refractivity contribution in [1.82, 2.24) is 0 Å². The summed E-state index contributed by atoms with van der Waals surface area (Å²) in [5.74, 6) is -1.07. The van der Waals surface area contributed by atoms with E-state index in [0.29, 0.717) is 11.1 Å².